The summed E-state index contributed by atoms with van der Waals surface area (Å²) >= 11 is 1.24. The lowest BCUT2D eigenvalue weighted by molar-refractivity contribution is -0.143. The molecule has 0 fully saturated rings. The van der Waals surface area contributed by atoms with Crippen LogP contribution in [0.3, 0.4) is 0 Å². The lowest BCUT2D eigenvalue weighted by atomic mass is 10.4. The Morgan fingerprint density at radius 2 is 2.30 bits per heavy atom. The molecule has 1 aromatic heterocycles. The van der Waals surface area contributed by atoms with Crippen molar-refractivity contribution >= 4 is 23.6 Å². The van der Waals surface area contributed by atoms with E-state index in [-0.39, 0.29) is 30.8 Å². The molecule has 0 spiro atoms. The van der Waals surface area contributed by atoms with E-state index in [1.165, 1.54) is 22.7 Å². The molecule has 1 amide bonds. The van der Waals surface area contributed by atoms with E-state index < -0.39 is 5.97 Å². The van der Waals surface area contributed by atoms with Gasteiger partial charge in [-0.25, -0.2) is 0 Å². The van der Waals surface area contributed by atoms with Gasteiger partial charge >= 0.3 is 5.97 Å². The van der Waals surface area contributed by atoms with Crippen LogP contribution in [0.4, 0.5) is 0 Å². The van der Waals surface area contributed by atoms with E-state index in [4.69, 9.17) is 5.11 Å². The number of carbonyl (C=O) groups excluding carboxylic acids is 1. The Kier molecular flexibility index (Phi) is 6.23. The average Bonchev–Trinajstić information content (AvgIpc) is 2.83. The average molecular weight is 298 g/mol. The second-order valence-electron chi connectivity index (χ2n) is 4.36. The van der Waals surface area contributed by atoms with Crippen molar-refractivity contribution in [3.8, 4) is 0 Å². The molecule has 7 nitrogen and oxygen atoms in total. The Morgan fingerprint density at radius 3 is 2.85 bits per heavy atom. The van der Waals surface area contributed by atoms with E-state index in [1.54, 1.807) is 6.33 Å². The molecule has 1 N–H and O–H groups in total. The maximum atomic E-state index is 12.0. The molecule has 1 heterocycles. The highest BCUT2D eigenvalue weighted by Crippen LogP contribution is 2.19. The molecule has 1 rings (SSSR count). The van der Waals surface area contributed by atoms with Crippen LogP contribution in [0.5, 0.6) is 0 Å². The maximum Gasteiger partial charge on any atom is 0.323 e. The van der Waals surface area contributed by atoms with Crippen LogP contribution < -0.4 is 0 Å². The fraction of sp³-hybridized carbons (Fsp3) is 0.500. The number of aromatic nitrogens is 3. The van der Waals surface area contributed by atoms with Crippen LogP contribution >= 0.6 is 11.8 Å². The number of hydrogen-bond acceptors (Lipinski definition) is 5. The molecular weight excluding hydrogens is 280 g/mol. The molecule has 0 aromatic carbocycles. The van der Waals surface area contributed by atoms with Gasteiger partial charge in [0.15, 0.2) is 5.16 Å². The number of hydrogen-bond donors (Lipinski definition) is 1. The molecule has 0 radical (unpaired) electrons. The highest BCUT2D eigenvalue weighted by Gasteiger charge is 2.17. The van der Waals surface area contributed by atoms with Crippen LogP contribution in [0.2, 0.25) is 0 Å². The molecule has 0 aliphatic carbocycles. The third kappa shape index (κ3) is 4.69. The monoisotopic (exact) mass is 298 g/mol. The van der Waals surface area contributed by atoms with E-state index in [0.717, 1.165) is 0 Å². The smallest absolute Gasteiger partial charge is 0.323 e. The molecule has 0 unspecified atom stereocenters. The van der Waals surface area contributed by atoms with E-state index in [0.29, 0.717) is 5.16 Å². The van der Waals surface area contributed by atoms with Crippen molar-refractivity contribution in [3.05, 3.63) is 19.0 Å². The highest BCUT2D eigenvalue weighted by molar-refractivity contribution is 7.99. The normalized spacial score (nSPS) is 10.6. The predicted octanol–water partition coefficient (Wildman–Crippen LogP) is 1.05. The summed E-state index contributed by atoms with van der Waals surface area (Å²) < 4.78 is 1.85. The molecule has 0 saturated carbocycles. The molecular formula is C12H18N4O3S. The Balaban J connectivity index is 2.62. The van der Waals surface area contributed by atoms with Crippen LogP contribution in [0.15, 0.2) is 24.1 Å². The predicted molar refractivity (Wildman–Crippen MR) is 75.5 cm³/mol. The Bertz CT molecular complexity index is 487. The minimum atomic E-state index is -1.05. The summed E-state index contributed by atoms with van der Waals surface area (Å²) in [5.74, 6) is -1.20. The molecule has 0 aliphatic heterocycles. The standard InChI is InChI=1S/C12H18N4O3S/c1-4-5-15(6-11(18)19)10(17)7-20-12-14-13-8-16(12)9(2)3/h4,8-9H,1,5-7H2,2-3H3,(H,18,19). The van der Waals surface area contributed by atoms with Crippen LogP contribution in [0, 0.1) is 0 Å². The van der Waals surface area contributed by atoms with Crippen molar-refractivity contribution in [1.29, 1.82) is 0 Å². The van der Waals surface area contributed by atoms with Gasteiger partial charge in [0, 0.05) is 12.6 Å². The summed E-state index contributed by atoms with van der Waals surface area (Å²) in [4.78, 5) is 23.9. The molecule has 0 saturated heterocycles. The summed E-state index contributed by atoms with van der Waals surface area (Å²) in [6, 6.07) is 0.200. The van der Waals surface area contributed by atoms with Gasteiger partial charge in [0.2, 0.25) is 5.91 Å². The lowest BCUT2D eigenvalue weighted by Crippen LogP contribution is -2.37. The summed E-state index contributed by atoms with van der Waals surface area (Å²) in [6.07, 6.45) is 3.11. The van der Waals surface area contributed by atoms with Gasteiger partial charge in [0.05, 0.1) is 5.75 Å². The summed E-state index contributed by atoms with van der Waals surface area (Å²) in [5.41, 5.74) is 0. The largest absolute Gasteiger partial charge is 0.480 e. The topological polar surface area (TPSA) is 88.3 Å². The number of rotatable bonds is 8. The van der Waals surface area contributed by atoms with Gasteiger partial charge in [-0.1, -0.05) is 17.8 Å². The third-order valence-electron chi connectivity index (χ3n) is 2.45. The van der Waals surface area contributed by atoms with Crippen LogP contribution in [-0.4, -0.2) is 55.5 Å². The molecule has 110 valence electrons. The second-order valence-corrected chi connectivity index (χ2v) is 5.30. The van der Waals surface area contributed by atoms with Gasteiger partial charge in [-0.2, -0.15) is 0 Å². The molecule has 20 heavy (non-hydrogen) atoms. The zero-order valence-corrected chi connectivity index (χ0v) is 12.3. The zero-order valence-electron chi connectivity index (χ0n) is 11.5. The van der Waals surface area contributed by atoms with Crippen molar-refractivity contribution in [2.75, 3.05) is 18.8 Å². The lowest BCUT2D eigenvalue weighted by Gasteiger charge is -2.18. The SMILES string of the molecule is C=CCN(CC(=O)O)C(=O)CSc1nncn1C(C)C. The number of carboxylic acid groups (broad SMARTS) is 1. The van der Waals surface area contributed by atoms with Crippen molar-refractivity contribution in [2.24, 2.45) is 0 Å². The number of aliphatic carboxylic acids is 1. The Hall–Kier alpha value is -1.83. The maximum absolute atomic E-state index is 12.0. The van der Waals surface area contributed by atoms with Gasteiger partial charge in [-0.15, -0.1) is 16.8 Å². The molecule has 0 bridgehead atoms. The zero-order chi connectivity index (χ0) is 15.1. The van der Waals surface area contributed by atoms with Crippen molar-refractivity contribution < 1.29 is 14.7 Å². The number of carboxylic acids is 1. The molecule has 8 heteroatoms. The Morgan fingerprint density at radius 1 is 1.60 bits per heavy atom. The molecule has 0 atom stereocenters. The third-order valence-corrected chi connectivity index (χ3v) is 3.39. The fourth-order valence-corrected chi connectivity index (χ4v) is 2.43. The first-order valence-electron chi connectivity index (χ1n) is 6.08. The quantitative estimate of drug-likeness (QED) is 0.570. The van der Waals surface area contributed by atoms with Gasteiger partial charge in [0.25, 0.3) is 0 Å². The van der Waals surface area contributed by atoms with Crippen LogP contribution in [-0.2, 0) is 9.59 Å². The van der Waals surface area contributed by atoms with E-state index in [2.05, 4.69) is 16.8 Å². The number of amides is 1. The highest BCUT2D eigenvalue weighted by atomic mass is 32.2. The Labute approximate surface area is 121 Å². The first-order valence-corrected chi connectivity index (χ1v) is 7.07. The van der Waals surface area contributed by atoms with E-state index in [1.807, 2.05) is 18.4 Å². The fourth-order valence-electron chi connectivity index (χ4n) is 1.48. The number of nitrogens with zero attached hydrogens (tertiary/aromatic N) is 4. The number of thioether (sulfide) groups is 1. The van der Waals surface area contributed by atoms with Gasteiger partial charge in [-0.3, -0.25) is 9.59 Å². The van der Waals surface area contributed by atoms with Gasteiger partial charge < -0.3 is 14.6 Å². The van der Waals surface area contributed by atoms with Crippen molar-refractivity contribution in [3.63, 3.8) is 0 Å². The van der Waals surface area contributed by atoms with Crippen LogP contribution in [0.25, 0.3) is 0 Å². The second kappa shape index (κ2) is 7.68. The van der Waals surface area contributed by atoms with E-state index >= 15 is 0 Å². The summed E-state index contributed by atoms with van der Waals surface area (Å²) in [7, 11) is 0. The first kappa shape index (κ1) is 16.2. The van der Waals surface area contributed by atoms with Crippen molar-refractivity contribution in [1.82, 2.24) is 19.7 Å². The van der Waals surface area contributed by atoms with Gasteiger partial charge in [0.1, 0.15) is 12.9 Å². The van der Waals surface area contributed by atoms with Gasteiger partial charge in [-0.05, 0) is 13.8 Å². The van der Waals surface area contributed by atoms with E-state index in [9.17, 15) is 9.59 Å². The minimum Gasteiger partial charge on any atom is -0.480 e. The van der Waals surface area contributed by atoms with Crippen LogP contribution in [0.1, 0.15) is 19.9 Å². The molecule has 0 aliphatic rings. The molecule has 1 aromatic rings. The number of carbonyl (C=O) groups is 2. The summed E-state index contributed by atoms with van der Waals surface area (Å²) in [5, 5.41) is 17.2. The first-order chi connectivity index (χ1) is 9.45. The van der Waals surface area contributed by atoms with Crippen molar-refractivity contribution in [2.45, 2.75) is 25.0 Å². The minimum absolute atomic E-state index is 0.118. The summed E-state index contributed by atoms with van der Waals surface area (Å²) in [6.45, 7) is 7.38.